The highest BCUT2D eigenvalue weighted by Crippen LogP contribution is 2.30. The maximum absolute atomic E-state index is 11.0. The Labute approximate surface area is 101 Å². The minimum Gasteiger partial charge on any atom is -0.487 e. The van der Waals surface area contributed by atoms with Crippen LogP contribution >= 0.6 is 0 Å². The van der Waals surface area contributed by atoms with Crippen molar-refractivity contribution < 1.29 is 18.3 Å². The van der Waals surface area contributed by atoms with E-state index in [1.165, 1.54) is 6.26 Å². The number of aliphatic hydroxyl groups excluding tert-OH is 1. The molecule has 0 radical (unpaired) electrons. The highest BCUT2D eigenvalue weighted by Gasteiger charge is 2.29. The smallest absolute Gasteiger partial charge is 0.147 e. The second-order valence-electron chi connectivity index (χ2n) is 4.45. The number of benzene rings is 1. The molecule has 4 nitrogen and oxygen atoms in total. The second-order valence-corrected chi connectivity index (χ2v) is 6.71. The molecular weight excluding hydrogens is 240 g/mol. The number of rotatable bonds is 4. The lowest BCUT2D eigenvalue weighted by Gasteiger charge is -2.17. The fraction of sp³-hybridized carbons (Fsp3) is 0.500. The first kappa shape index (κ1) is 12.4. The van der Waals surface area contributed by atoms with Gasteiger partial charge in [-0.25, -0.2) is 8.42 Å². The number of fused-ring (bicyclic) bond motifs is 1. The Bertz CT molecular complexity index is 470. The molecule has 2 unspecified atom stereocenters. The van der Waals surface area contributed by atoms with Crippen LogP contribution in [0.1, 0.15) is 12.0 Å². The SMILES string of the molecule is CS(=O)(=O)CCC(O)C1Cc2ccccc2O1. The number of hydrogen-bond donors (Lipinski definition) is 1. The topological polar surface area (TPSA) is 63.6 Å². The summed E-state index contributed by atoms with van der Waals surface area (Å²) in [5.41, 5.74) is 1.07. The van der Waals surface area contributed by atoms with Gasteiger partial charge in [0.25, 0.3) is 0 Å². The van der Waals surface area contributed by atoms with Gasteiger partial charge in [0.1, 0.15) is 21.7 Å². The van der Waals surface area contributed by atoms with Crippen LogP contribution < -0.4 is 4.74 Å². The van der Waals surface area contributed by atoms with Crippen LogP contribution in [0.4, 0.5) is 0 Å². The van der Waals surface area contributed by atoms with Crippen LogP contribution in [-0.4, -0.2) is 37.7 Å². The maximum Gasteiger partial charge on any atom is 0.147 e. The Hall–Kier alpha value is -1.07. The number of hydrogen-bond acceptors (Lipinski definition) is 4. The number of ether oxygens (including phenoxy) is 1. The predicted molar refractivity (Wildman–Crippen MR) is 64.9 cm³/mol. The van der Waals surface area contributed by atoms with Gasteiger partial charge in [0, 0.05) is 12.7 Å². The number of para-hydroxylation sites is 1. The monoisotopic (exact) mass is 256 g/mol. The normalized spacial score (nSPS) is 20.7. The first-order valence-electron chi connectivity index (χ1n) is 5.56. The van der Waals surface area contributed by atoms with Gasteiger partial charge in [0.15, 0.2) is 0 Å². The standard InChI is InChI=1S/C12H16O4S/c1-17(14,15)7-6-10(13)12-8-9-4-2-3-5-11(9)16-12/h2-5,10,12-13H,6-8H2,1H3. The summed E-state index contributed by atoms with van der Waals surface area (Å²) < 4.78 is 27.6. The molecule has 1 aromatic carbocycles. The largest absolute Gasteiger partial charge is 0.487 e. The summed E-state index contributed by atoms with van der Waals surface area (Å²) >= 11 is 0. The van der Waals surface area contributed by atoms with Crippen molar-refractivity contribution in [2.75, 3.05) is 12.0 Å². The summed E-state index contributed by atoms with van der Waals surface area (Å²) in [6.45, 7) is 0. The van der Waals surface area contributed by atoms with Crippen molar-refractivity contribution in [3.05, 3.63) is 29.8 Å². The lowest BCUT2D eigenvalue weighted by Crippen LogP contribution is -2.31. The van der Waals surface area contributed by atoms with Crippen molar-refractivity contribution in [3.8, 4) is 5.75 Å². The van der Waals surface area contributed by atoms with E-state index < -0.39 is 15.9 Å². The van der Waals surface area contributed by atoms with Gasteiger partial charge in [-0.05, 0) is 18.1 Å². The van der Waals surface area contributed by atoms with Crippen LogP contribution in [0, 0.1) is 0 Å². The fourth-order valence-electron chi connectivity index (χ4n) is 1.94. The van der Waals surface area contributed by atoms with Crippen molar-refractivity contribution >= 4 is 9.84 Å². The summed E-state index contributed by atoms with van der Waals surface area (Å²) in [4.78, 5) is 0. The van der Waals surface area contributed by atoms with E-state index in [0.29, 0.717) is 6.42 Å². The van der Waals surface area contributed by atoms with Crippen molar-refractivity contribution in [3.63, 3.8) is 0 Å². The van der Waals surface area contributed by atoms with E-state index >= 15 is 0 Å². The minimum atomic E-state index is -3.03. The molecule has 0 saturated carbocycles. The van der Waals surface area contributed by atoms with E-state index in [0.717, 1.165) is 11.3 Å². The molecule has 0 spiro atoms. The molecule has 1 aliphatic rings. The summed E-state index contributed by atoms with van der Waals surface area (Å²) in [5, 5.41) is 9.89. The molecule has 0 aliphatic carbocycles. The average molecular weight is 256 g/mol. The molecular formula is C12H16O4S. The molecule has 0 saturated heterocycles. The molecule has 1 N–H and O–H groups in total. The van der Waals surface area contributed by atoms with Crippen molar-refractivity contribution in [2.24, 2.45) is 0 Å². The van der Waals surface area contributed by atoms with Crippen LogP contribution in [0.15, 0.2) is 24.3 Å². The third-order valence-electron chi connectivity index (χ3n) is 2.89. The molecule has 2 atom stereocenters. The quantitative estimate of drug-likeness (QED) is 0.865. The van der Waals surface area contributed by atoms with Gasteiger partial charge >= 0.3 is 0 Å². The predicted octanol–water partition coefficient (Wildman–Crippen LogP) is 0.786. The molecule has 1 aromatic rings. The third-order valence-corrected chi connectivity index (χ3v) is 3.86. The summed E-state index contributed by atoms with van der Waals surface area (Å²) in [5.74, 6) is 0.778. The molecule has 0 aromatic heterocycles. The van der Waals surface area contributed by atoms with E-state index in [4.69, 9.17) is 4.74 Å². The molecule has 0 bridgehead atoms. The van der Waals surface area contributed by atoms with Crippen LogP contribution in [0.3, 0.4) is 0 Å². The zero-order valence-electron chi connectivity index (χ0n) is 9.67. The highest BCUT2D eigenvalue weighted by molar-refractivity contribution is 7.90. The van der Waals surface area contributed by atoms with Crippen molar-refractivity contribution in [2.45, 2.75) is 25.0 Å². The van der Waals surface area contributed by atoms with Gasteiger partial charge in [-0.1, -0.05) is 18.2 Å². The van der Waals surface area contributed by atoms with Crippen molar-refractivity contribution in [1.29, 1.82) is 0 Å². The van der Waals surface area contributed by atoms with E-state index in [2.05, 4.69) is 0 Å². The van der Waals surface area contributed by atoms with E-state index in [-0.39, 0.29) is 18.3 Å². The number of sulfone groups is 1. The van der Waals surface area contributed by atoms with Crippen molar-refractivity contribution in [1.82, 2.24) is 0 Å². The zero-order valence-corrected chi connectivity index (χ0v) is 10.5. The molecule has 17 heavy (non-hydrogen) atoms. The Morgan fingerprint density at radius 3 is 2.82 bits per heavy atom. The molecule has 0 fully saturated rings. The molecule has 2 rings (SSSR count). The lowest BCUT2D eigenvalue weighted by molar-refractivity contribution is 0.0480. The Morgan fingerprint density at radius 2 is 2.18 bits per heavy atom. The Kier molecular flexibility index (Phi) is 3.40. The van der Waals surface area contributed by atoms with Gasteiger partial charge in [0.05, 0.1) is 11.9 Å². The molecule has 94 valence electrons. The van der Waals surface area contributed by atoms with Crippen LogP contribution in [0.25, 0.3) is 0 Å². The molecule has 5 heteroatoms. The first-order chi connectivity index (χ1) is 7.96. The second kappa shape index (κ2) is 4.66. The van der Waals surface area contributed by atoms with Gasteiger partial charge < -0.3 is 9.84 Å². The Balaban J connectivity index is 1.94. The first-order valence-corrected chi connectivity index (χ1v) is 7.62. The summed E-state index contributed by atoms with van der Waals surface area (Å²) in [6, 6.07) is 7.62. The summed E-state index contributed by atoms with van der Waals surface area (Å²) in [6.07, 6.45) is 0.967. The molecule has 1 heterocycles. The van der Waals surface area contributed by atoms with Gasteiger partial charge in [0.2, 0.25) is 0 Å². The van der Waals surface area contributed by atoms with Crippen LogP contribution in [0.5, 0.6) is 5.75 Å². The van der Waals surface area contributed by atoms with Gasteiger partial charge in [-0.15, -0.1) is 0 Å². The zero-order chi connectivity index (χ0) is 12.5. The minimum absolute atomic E-state index is 0.00955. The lowest BCUT2D eigenvalue weighted by atomic mass is 10.1. The van der Waals surface area contributed by atoms with Gasteiger partial charge in [-0.3, -0.25) is 0 Å². The summed E-state index contributed by atoms with van der Waals surface area (Å²) in [7, 11) is -3.03. The molecule has 1 aliphatic heterocycles. The Morgan fingerprint density at radius 1 is 1.47 bits per heavy atom. The van der Waals surface area contributed by atoms with Crippen LogP contribution in [0.2, 0.25) is 0 Å². The maximum atomic E-state index is 11.0. The van der Waals surface area contributed by atoms with E-state index in [1.54, 1.807) is 0 Å². The van der Waals surface area contributed by atoms with Crippen LogP contribution in [-0.2, 0) is 16.3 Å². The third kappa shape index (κ3) is 3.20. The van der Waals surface area contributed by atoms with Gasteiger partial charge in [-0.2, -0.15) is 0 Å². The van der Waals surface area contributed by atoms with E-state index in [1.807, 2.05) is 24.3 Å². The van der Waals surface area contributed by atoms with E-state index in [9.17, 15) is 13.5 Å². The average Bonchev–Trinajstić information content (AvgIpc) is 2.68. The fourth-order valence-corrected chi connectivity index (χ4v) is 2.61. The number of aliphatic hydroxyl groups is 1. The highest BCUT2D eigenvalue weighted by atomic mass is 32.2. The molecule has 0 amide bonds.